The normalized spacial score (nSPS) is 18.7. The van der Waals surface area contributed by atoms with Gasteiger partial charge in [-0.3, -0.25) is 0 Å². The minimum absolute atomic E-state index is 0.113. The summed E-state index contributed by atoms with van der Waals surface area (Å²) in [5, 5.41) is 4.00. The van der Waals surface area contributed by atoms with Crippen molar-refractivity contribution in [3.05, 3.63) is 186 Å². The van der Waals surface area contributed by atoms with Crippen LogP contribution in [0.25, 0.3) is 44.8 Å². The standard InChI is InChI=1S/C61H63N7O3/c1-65-32-26-46(27-33-65)70-57-53-24-12-22-49(51(53)30-36-67-40-55(63-60(57)67)41-14-6-4-7-15-41)43-18-10-20-45(38-43)62-59-56(42-16-8-5-9-17-42)64-61-58(71-47-28-34-66(2)35-29-47)54-25-13-23-50(52(54)31-37-68(59)61)44-19-11-21-48(39-44)69-3/h4-25,38-40,46-47,57-58,62H,26-37H2,1-3H3. The first-order chi connectivity index (χ1) is 34.9. The summed E-state index contributed by atoms with van der Waals surface area (Å²) in [5.41, 5.74) is 14.8. The van der Waals surface area contributed by atoms with Crippen LogP contribution in [0.1, 0.15) is 71.8 Å². The molecule has 12 rings (SSSR count). The molecule has 8 aromatic rings. The Morgan fingerprint density at radius 1 is 0.521 bits per heavy atom. The van der Waals surface area contributed by atoms with Crippen LogP contribution in [0.5, 0.6) is 5.75 Å². The van der Waals surface area contributed by atoms with Crippen LogP contribution >= 0.6 is 0 Å². The third-order valence-corrected chi connectivity index (χ3v) is 15.4. The lowest BCUT2D eigenvalue weighted by Gasteiger charge is -2.32. The smallest absolute Gasteiger partial charge is 0.145 e. The van der Waals surface area contributed by atoms with Gasteiger partial charge in [0.25, 0.3) is 0 Å². The number of benzene rings is 6. The zero-order chi connectivity index (χ0) is 47.8. The summed E-state index contributed by atoms with van der Waals surface area (Å²) in [4.78, 5) is 15.8. The Kier molecular flexibility index (Phi) is 12.6. The summed E-state index contributed by atoms with van der Waals surface area (Å²) in [6.07, 6.45) is 7.49. The maximum absolute atomic E-state index is 7.37. The number of nitrogens with one attached hydrogen (secondary N) is 1. The van der Waals surface area contributed by atoms with Gasteiger partial charge in [0.15, 0.2) is 0 Å². The SMILES string of the molecule is COc1cccc(-c2cccc3c2CCn2c(nc(-c4ccccc4)c2Nc2cccc(-c4cccc5c4CCn4cc(-c6ccccc6)nc4C5OC4CCN(C)CC4)c2)C3OC2CCN(C)CC2)c1. The first kappa shape index (κ1) is 45.3. The molecule has 10 heteroatoms. The number of fused-ring (bicyclic) bond motifs is 4. The lowest BCUT2D eigenvalue weighted by Crippen LogP contribution is -2.35. The maximum atomic E-state index is 7.37. The van der Waals surface area contributed by atoms with E-state index in [1.807, 2.05) is 6.07 Å². The van der Waals surface area contributed by atoms with Crippen molar-refractivity contribution in [3.8, 4) is 50.5 Å². The average molecular weight is 942 g/mol. The summed E-state index contributed by atoms with van der Waals surface area (Å²) in [6.45, 7) is 5.63. The van der Waals surface area contributed by atoms with Crippen LogP contribution < -0.4 is 10.1 Å². The van der Waals surface area contributed by atoms with Crippen LogP contribution in [0.2, 0.25) is 0 Å². The highest BCUT2D eigenvalue weighted by molar-refractivity contribution is 5.80. The molecule has 71 heavy (non-hydrogen) atoms. The Labute approximate surface area is 417 Å². The summed E-state index contributed by atoms with van der Waals surface area (Å²) in [7, 11) is 6.15. The molecule has 0 spiro atoms. The minimum atomic E-state index is -0.362. The van der Waals surface area contributed by atoms with Crippen molar-refractivity contribution in [3.63, 3.8) is 0 Å². The summed E-state index contributed by atoms with van der Waals surface area (Å²) in [5.74, 6) is 3.73. The van der Waals surface area contributed by atoms with Gasteiger partial charge < -0.3 is 38.5 Å². The van der Waals surface area contributed by atoms with E-state index >= 15 is 0 Å². The van der Waals surface area contributed by atoms with Gasteiger partial charge in [0.2, 0.25) is 0 Å². The van der Waals surface area contributed by atoms with Crippen molar-refractivity contribution >= 4 is 11.5 Å². The van der Waals surface area contributed by atoms with E-state index in [0.29, 0.717) is 0 Å². The maximum Gasteiger partial charge on any atom is 0.145 e. The van der Waals surface area contributed by atoms with E-state index in [1.165, 1.54) is 33.4 Å². The van der Waals surface area contributed by atoms with Gasteiger partial charge >= 0.3 is 0 Å². The number of aryl methyl sites for hydroxylation is 1. The fraction of sp³-hybridized carbons (Fsp3) is 0.311. The number of nitrogens with zero attached hydrogens (tertiary/aromatic N) is 6. The van der Waals surface area contributed by atoms with Crippen LogP contribution in [-0.2, 0) is 35.4 Å². The zero-order valence-corrected chi connectivity index (χ0v) is 41.1. The molecule has 0 saturated carbocycles. The molecule has 2 saturated heterocycles. The third-order valence-electron chi connectivity index (χ3n) is 15.4. The van der Waals surface area contributed by atoms with E-state index in [9.17, 15) is 0 Å². The second kappa shape index (κ2) is 19.8. The van der Waals surface area contributed by atoms with E-state index in [4.69, 9.17) is 24.2 Å². The Morgan fingerprint density at radius 3 is 1.70 bits per heavy atom. The average Bonchev–Trinajstić information content (AvgIpc) is 3.92. The number of likely N-dealkylation sites (tertiary alicyclic amines) is 2. The molecule has 4 aliphatic rings. The number of hydrogen-bond acceptors (Lipinski definition) is 8. The van der Waals surface area contributed by atoms with Crippen LogP contribution in [0, 0.1) is 0 Å². The van der Waals surface area contributed by atoms with E-state index in [1.54, 1.807) is 7.11 Å². The van der Waals surface area contributed by atoms with Crippen molar-refractivity contribution in [1.82, 2.24) is 28.9 Å². The molecule has 2 unspecified atom stereocenters. The van der Waals surface area contributed by atoms with Crippen LogP contribution in [0.3, 0.4) is 0 Å². The van der Waals surface area contributed by atoms with Gasteiger partial charge in [-0.25, -0.2) is 9.97 Å². The zero-order valence-electron chi connectivity index (χ0n) is 41.1. The summed E-state index contributed by atoms with van der Waals surface area (Å²) < 4.78 is 25.1. The number of anilines is 2. The number of imidazole rings is 2. The molecule has 0 amide bonds. The Hall–Kier alpha value is -6.82. The fourth-order valence-electron chi connectivity index (χ4n) is 11.5. The second-order valence-corrected chi connectivity index (χ2v) is 20.0. The van der Waals surface area contributed by atoms with E-state index < -0.39 is 0 Å². The first-order valence-corrected chi connectivity index (χ1v) is 25.7. The number of methoxy groups -OCH3 is 1. The summed E-state index contributed by atoms with van der Waals surface area (Å²) in [6, 6.07) is 52.0. The molecule has 6 aromatic carbocycles. The Bertz CT molecular complexity index is 3150. The molecule has 0 bridgehead atoms. The topological polar surface area (TPSA) is 81.8 Å². The summed E-state index contributed by atoms with van der Waals surface area (Å²) >= 11 is 0. The van der Waals surface area contributed by atoms with Crippen LogP contribution in [0.4, 0.5) is 11.5 Å². The van der Waals surface area contributed by atoms with Gasteiger partial charge in [0, 0.05) is 62.3 Å². The van der Waals surface area contributed by atoms with Gasteiger partial charge in [-0.15, -0.1) is 0 Å². The van der Waals surface area contributed by atoms with Crippen molar-refractivity contribution in [2.24, 2.45) is 0 Å². The molecule has 2 fully saturated rings. The van der Waals surface area contributed by atoms with Gasteiger partial charge in [-0.1, -0.05) is 121 Å². The molecule has 0 aliphatic carbocycles. The Balaban J connectivity index is 0.934. The molecule has 1 N–H and O–H groups in total. The molecule has 4 aliphatic heterocycles. The predicted octanol–water partition coefficient (Wildman–Crippen LogP) is 12.0. The lowest BCUT2D eigenvalue weighted by atomic mass is 9.91. The number of hydrogen-bond donors (Lipinski definition) is 1. The molecular formula is C61H63N7O3. The second-order valence-electron chi connectivity index (χ2n) is 20.0. The van der Waals surface area contributed by atoms with Gasteiger partial charge in [-0.2, -0.15) is 0 Å². The van der Waals surface area contributed by atoms with Gasteiger partial charge in [-0.05, 0) is 121 Å². The highest BCUT2D eigenvalue weighted by Crippen LogP contribution is 2.45. The largest absolute Gasteiger partial charge is 0.497 e. The van der Waals surface area contributed by atoms with E-state index in [-0.39, 0.29) is 24.4 Å². The molecule has 6 heterocycles. The third kappa shape index (κ3) is 9.10. The first-order valence-electron chi connectivity index (χ1n) is 25.7. The number of ether oxygens (including phenoxy) is 3. The number of rotatable bonds is 11. The Morgan fingerprint density at radius 2 is 1.07 bits per heavy atom. The molecule has 360 valence electrons. The molecular weight excluding hydrogens is 879 g/mol. The highest BCUT2D eigenvalue weighted by Gasteiger charge is 2.36. The number of piperidine rings is 2. The predicted molar refractivity (Wildman–Crippen MR) is 283 cm³/mol. The quantitative estimate of drug-likeness (QED) is 0.137. The molecule has 2 atom stereocenters. The van der Waals surface area contributed by atoms with E-state index in [2.05, 4.69) is 184 Å². The lowest BCUT2D eigenvalue weighted by molar-refractivity contribution is -0.0276. The van der Waals surface area contributed by atoms with Crippen molar-refractivity contribution in [2.45, 2.75) is 76.0 Å². The van der Waals surface area contributed by atoms with Gasteiger partial charge in [0.1, 0.15) is 41.1 Å². The molecule has 10 nitrogen and oxygen atoms in total. The van der Waals surface area contributed by atoms with Gasteiger partial charge in [0.05, 0.1) is 25.0 Å². The number of aromatic nitrogens is 4. The molecule has 2 aromatic heterocycles. The van der Waals surface area contributed by atoms with Crippen molar-refractivity contribution in [2.75, 3.05) is 52.7 Å². The van der Waals surface area contributed by atoms with E-state index in [0.717, 1.165) is 140 Å². The highest BCUT2D eigenvalue weighted by atomic mass is 16.5. The van der Waals surface area contributed by atoms with Crippen molar-refractivity contribution in [1.29, 1.82) is 0 Å². The van der Waals surface area contributed by atoms with Crippen LogP contribution in [0.15, 0.2) is 152 Å². The van der Waals surface area contributed by atoms with Crippen LogP contribution in [-0.4, -0.2) is 88.5 Å². The molecule has 0 radical (unpaired) electrons. The minimum Gasteiger partial charge on any atom is -0.497 e. The monoisotopic (exact) mass is 941 g/mol. The van der Waals surface area contributed by atoms with Crippen molar-refractivity contribution < 1.29 is 14.2 Å². The fourth-order valence-corrected chi connectivity index (χ4v) is 11.5.